The molecule has 0 aliphatic heterocycles. The van der Waals surface area contributed by atoms with Crippen molar-refractivity contribution < 1.29 is 23.1 Å². The summed E-state index contributed by atoms with van der Waals surface area (Å²) in [6.07, 6.45) is 1.91. The van der Waals surface area contributed by atoms with Gasteiger partial charge in [0.2, 0.25) is 0 Å². The third-order valence-corrected chi connectivity index (χ3v) is 3.65. The van der Waals surface area contributed by atoms with Crippen molar-refractivity contribution in [1.82, 2.24) is 5.32 Å². The van der Waals surface area contributed by atoms with Crippen LogP contribution in [0.3, 0.4) is 0 Å². The molecule has 5 nitrogen and oxygen atoms in total. The van der Waals surface area contributed by atoms with Crippen LogP contribution in [0, 0.1) is 0 Å². The average molecular weight is 346 g/mol. The van der Waals surface area contributed by atoms with Crippen LogP contribution in [0.2, 0.25) is 0 Å². The highest BCUT2D eigenvalue weighted by Crippen LogP contribution is 2.22. The van der Waals surface area contributed by atoms with Gasteiger partial charge in [-0.05, 0) is 43.2 Å². The number of rotatable bonds is 6. The van der Waals surface area contributed by atoms with E-state index in [1.165, 1.54) is 24.3 Å². The normalized spacial score (nSPS) is 13.4. The van der Waals surface area contributed by atoms with Crippen LogP contribution in [0.25, 0.3) is 0 Å². The number of hydrogen-bond donors (Lipinski definition) is 2. The van der Waals surface area contributed by atoms with Gasteiger partial charge in [-0.25, -0.2) is 0 Å². The SMILES string of the molecule is O=C(Nc1ccccc1C(=O)NC1CC1)c1cccc(OC(F)F)c1. The molecule has 0 saturated heterocycles. The maximum atomic E-state index is 12.4. The number of anilines is 1. The van der Waals surface area contributed by atoms with E-state index in [1.54, 1.807) is 24.3 Å². The molecule has 3 rings (SSSR count). The Morgan fingerprint density at radius 3 is 2.52 bits per heavy atom. The summed E-state index contributed by atoms with van der Waals surface area (Å²) in [5.74, 6) is -0.887. The summed E-state index contributed by atoms with van der Waals surface area (Å²) in [6.45, 7) is -2.97. The Labute approximate surface area is 143 Å². The standard InChI is InChI=1S/C18H16F2N2O3/c19-18(20)25-13-5-3-4-11(10-13)16(23)22-15-7-2-1-6-14(15)17(24)21-12-8-9-12/h1-7,10,12,18H,8-9H2,(H,21,24)(H,22,23). The zero-order valence-corrected chi connectivity index (χ0v) is 13.2. The first-order chi connectivity index (χ1) is 12.0. The fourth-order valence-electron chi connectivity index (χ4n) is 2.29. The molecule has 0 aromatic heterocycles. The Morgan fingerprint density at radius 2 is 1.80 bits per heavy atom. The van der Waals surface area contributed by atoms with Gasteiger partial charge in [0.05, 0.1) is 11.3 Å². The minimum atomic E-state index is -2.97. The van der Waals surface area contributed by atoms with Crippen molar-refractivity contribution in [3.05, 3.63) is 59.7 Å². The second-order valence-electron chi connectivity index (χ2n) is 5.65. The highest BCUT2D eigenvalue weighted by Gasteiger charge is 2.25. The zero-order valence-electron chi connectivity index (χ0n) is 13.2. The van der Waals surface area contributed by atoms with Gasteiger partial charge in [0, 0.05) is 11.6 Å². The predicted octanol–water partition coefficient (Wildman–Crippen LogP) is 3.43. The maximum absolute atomic E-state index is 12.4. The van der Waals surface area contributed by atoms with Crippen molar-refractivity contribution >= 4 is 17.5 Å². The number of carbonyl (C=O) groups is 2. The van der Waals surface area contributed by atoms with Crippen LogP contribution in [0.15, 0.2) is 48.5 Å². The van der Waals surface area contributed by atoms with E-state index < -0.39 is 12.5 Å². The van der Waals surface area contributed by atoms with Crippen molar-refractivity contribution in [2.24, 2.45) is 0 Å². The van der Waals surface area contributed by atoms with E-state index in [0.717, 1.165) is 12.8 Å². The molecule has 7 heteroatoms. The molecule has 2 aromatic rings. The van der Waals surface area contributed by atoms with E-state index in [0.29, 0.717) is 11.3 Å². The molecule has 0 spiro atoms. The second kappa shape index (κ2) is 7.29. The number of hydrogen-bond acceptors (Lipinski definition) is 3. The molecule has 2 aromatic carbocycles. The van der Waals surface area contributed by atoms with Crippen LogP contribution >= 0.6 is 0 Å². The van der Waals surface area contributed by atoms with Gasteiger partial charge in [-0.3, -0.25) is 9.59 Å². The van der Waals surface area contributed by atoms with Crippen molar-refractivity contribution in [2.45, 2.75) is 25.5 Å². The van der Waals surface area contributed by atoms with Gasteiger partial charge in [0.25, 0.3) is 11.8 Å². The van der Waals surface area contributed by atoms with Gasteiger partial charge in [0.1, 0.15) is 5.75 Å². The summed E-state index contributed by atoms with van der Waals surface area (Å²) in [6, 6.07) is 12.3. The molecule has 0 radical (unpaired) electrons. The number of para-hydroxylation sites is 1. The molecule has 0 bridgehead atoms. The van der Waals surface area contributed by atoms with E-state index in [9.17, 15) is 18.4 Å². The number of nitrogens with one attached hydrogen (secondary N) is 2. The number of carbonyl (C=O) groups excluding carboxylic acids is 2. The van der Waals surface area contributed by atoms with E-state index in [1.807, 2.05) is 0 Å². The maximum Gasteiger partial charge on any atom is 0.387 e. The molecule has 1 aliphatic rings. The van der Waals surface area contributed by atoms with Crippen LogP contribution in [0.1, 0.15) is 33.6 Å². The van der Waals surface area contributed by atoms with Gasteiger partial charge in [-0.2, -0.15) is 8.78 Å². The van der Waals surface area contributed by atoms with Crippen molar-refractivity contribution in [2.75, 3.05) is 5.32 Å². The number of ether oxygens (including phenoxy) is 1. The lowest BCUT2D eigenvalue weighted by molar-refractivity contribution is -0.0498. The first kappa shape index (κ1) is 16.9. The third kappa shape index (κ3) is 4.53. The number of amides is 2. The van der Waals surface area contributed by atoms with Crippen LogP contribution < -0.4 is 15.4 Å². The van der Waals surface area contributed by atoms with E-state index >= 15 is 0 Å². The summed E-state index contributed by atoms with van der Waals surface area (Å²) in [4.78, 5) is 24.6. The van der Waals surface area contributed by atoms with Gasteiger partial charge >= 0.3 is 6.61 Å². The minimum absolute atomic E-state index is 0.109. The van der Waals surface area contributed by atoms with Crippen LogP contribution in [0.5, 0.6) is 5.75 Å². The zero-order chi connectivity index (χ0) is 17.8. The summed E-state index contributed by atoms with van der Waals surface area (Å²) in [5, 5.41) is 5.50. The molecule has 130 valence electrons. The highest BCUT2D eigenvalue weighted by molar-refractivity contribution is 6.09. The second-order valence-corrected chi connectivity index (χ2v) is 5.65. The van der Waals surface area contributed by atoms with Crippen molar-refractivity contribution in [3.8, 4) is 5.75 Å². The largest absolute Gasteiger partial charge is 0.435 e. The summed E-state index contributed by atoms with van der Waals surface area (Å²) in [7, 11) is 0. The fraction of sp³-hybridized carbons (Fsp3) is 0.222. The molecule has 0 atom stereocenters. The Hall–Kier alpha value is -2.96. The molecule has 0 unspecified atom stereocenters. The fourth-order valence-corrected chi connectivity index (χ4v) is 2.29. The third-order valence-electron chi connectivity index (χ3n) is 3.65. The monoisotopic (exact) mass is 346 g/mol. The smallest absolute Gasteiger partial charge is 0.387 e. The van der Waals surface area contributed by atoms with Gasteiger partial charge < -0.3 is 15.4 Å². The molecule has 1 fully saturated rings. The number of halogens is 2. The molecule has 1 saturated carbocycles. The Balaban J connectivity index is 1.75. The Bertz CT molecular complexity index is 791. The first-order valence-electron chi connectivity index (χ1n) is 7.79. The van der Waals surface area contributed by atoms with Crippen molar-refractivity contribution in [3.63, 3.8) is 0 Å². The van der Waals surface area contributed by atoms with E-state index in [-0.39, 0.29) is 23.3 Å². The van der Waals surface area contributed by atoms with E-state index in [2.05, 4.69) is 15.4 Å². The summed E-state index contributed by atoms with van der Waals surface area (Å²) in [5.41, 5.74) is 0.851. The molecule has 25 heavy (non-hydrogen) atoms. The lowest BCUT2D eigenvalue weighted by Gasteiger charge is -2.12. The van der Waals surface area contributed by atoms with Gasteiger partial charge in [-0.1, -0.05) is 18.2 Å². The molecule has 2 N–H and O–H groups in total. The summed E-state index contributed by atoms with van der Waals surface area (Å²) < 4.78 is 28.9. The Kier molecular flexibility index (Phi) is 4.92. The van der Waals surface area contributed by atoms with Crippen LogP contribution in [-0.4, -0.2) is 24.5 Å². The molecule has 2 amide bonds. The molecular weight excluding hydrogens is 330 g/mol. The van der Waals surface area contributed by atoms with E-state index in [4.69, 9.17) is 0 Å². The quantitative estimate of drug-likeness (QED) is 0.842. The van der Waals surface area contributed by atoms with Crippen LogP contribution in [-0.2, 0) is 0 Å². The highest BCUT2D eigenvalue weighted by atomic mass is 19.3. The van der Waals surface area contributed by atoms with Crippen molar-refractivity contribution in [1.29, 1.82) is 0 Å². The summed E-state index contributed by atoms with van der Waals surface area (Å²) >= 11 is 0. The molecular formula is C18H16F2N2O3. The lowest BCUT2D eigenvalue weighted by Crippen LogP contribution is -2.27. The predicted molar refractivity (Wildman–Crippen MR) is 88.0 cm³/mol. The lowest BCUT2D eigenvalue weighted by atomic mass is 10.1. The number of benzene rings is 2. The van der Waals surface area contributed by atoms with Gasteiger partial charge in [-0.15, -0.1) is 0 Å². The molecule has 0 heterocycles. The number of alkyl halides is 2. The topological polar surface area (TPSA) is 67.4 Å². The molecule has 1 aliphatic carbocycles. The van der Waals surface area contributed by atoms with Crippen LogP contribution in [0.4, 0.5) is 14.5 Å². The van der Waals surface area contributed by atoms with Gasteiger partial charge in [0.15, 0.2) is 0 Å². The average Bonchev–Trinajstić information content (AvgIpc) is 3.39. The first-order valence-corrected chi connectivity index (χ1v) is 7.79. The minimum Gasteiger partial charge on any atom is -0.435 e. The Morgan fingerprint density at radius 1 is 1.04 bits per heavy atom.